The highest BCUT2D eigenvalue weighted by atomic mass is 16.5. The number of carbonyl (C=O) groups is 1. The molecule has 0 radical (unpaired) electrons. The maximum atomic E-state index is 10.6. The van der Waals surface area contributed by atoms with Crippen molar-refractivity contribution >= 4 is 5.97 Å². The standard InChI is InChI=1S/C26H28O4/c27-26(28)15-9-3-4-10-21-16-17-24(29-19-22-11-5-1-6-12-22)25(18-21)30-20-23-13-7-2-8-14-23/h1-2,5-8,11-14,16-18H,3-4,9-10,15,19-20H2,(H,27,28). The van der Waals surface area contributed by atoms with Gasteiger partial charge in [0.2, 0.25) is 0 Å². The Balaban J connectivity index is 1.64. The number of hydrogen-bond acceptors (Lipinski definition) is 3. The van der Waals surface area contributed by atoms with Gasteiger partial charge in [0, 0.05) is 6.42 Å². The molecular weight excluding hydrogens is 376 g/mol. The quantitative estimate of drug-likeness (QED) is 0.374. The van der Waals surface area contributed by atoms with Gasteiger partial charge in [0.1, 0.15) is 13.2 Å². The van der Waals surface area contributed by atoms with Crippen LogP contribution in [0.25, 0.3) is 0 Å². The van der Waals surface area contributed by atoms with Crippen LogP contribution in [0.4, 0.5) is 0 Å². The van der Waals surface area contributed by atoms with Gasteiger partial charge in [0.05, 0.1) is 0 Å². The van der Waals surface area contributed by atoms with E-state index in [1.807, 2.05) is 72.8 Å². The number of benzene rings is 3. The Morgan fingerprint density at radius 1 is 0.667 bits per heavy atom. The van der Waals surface area contributed by atoms with Gasteiger partial charge >= 0.3 is 5.97 Å². The molecule has 0 aliphatic heterocycles. The lowest BCUT2D eigenvalue weighted by Gasteiger charge is -2.15. The van der Waals surface area contributed by atoms with E-state index in [4.69, 9.17) is 14.6 Å². The molecule has 0 spiro atoms. The molecule has 0 atom stereocenters. The lowest BCUT2D eigenvalue weighted by atomic mass is 10.1. The van der Waals surface area contributed by atoms with E-state index < -0.39 is 5.97 Å². The molecular formula is C26H28O4. The number of hydrogen-bond donors (Lipinski definition) is 1. The highest BCUT2D eigenvalue weighted by Gasteiger charge is 2.09. The van der Waals surface area contributed by atoms with Crippen molar-refractivity contribution in [2.45, 2.75) is 45.3 Å². The van der Waals surface area contributed by atoms with Gasteiger partial charge in [0.15, 0.2) is 11.5 Å². The van der Waals surface area contributed by atoms with Gasteiger partial charge in [-0.1, -0.05) is 73.2 Å². The zero-order valence-corrected chi connectivity index (χ0v) is 17.1. The summed E-state index contributed by atoms with van der Waals surface area (Å²) in [4.78, 5) is 10.6. The van der Waals surface area contributed by atoms with Crippen LogP contribution in [0.1, 0.15) is 42.4 Å². The van der Waals surface area contributed by atoms with E-state index in [-0.39, 0.29) is 6.42 Å². The van der Waals surface area contributed by atoms with Gasteiger partial charge in [-0.05, 0) is 48.1 Å². The van der Waals surface area contributed by atoms with Gasteiger partial charge < -0.3 is 14.6 Å². The number of carboxylic acid groups (broad SMARTS) is 1. The first-order chi connectivity index (χ1) is 14.7. The topological polar surface area (TPSA) is 55.8 Å². The molecule has 3 aromatic carbocycles. The smallest absolute Gasteiger partial charge is 0.303 e. The third-order valence-electron chi connectivity index (χ3n) is 4.84. The van der Waals surface area contributed by atoms with E-state index in [0.717, 1.165) is 41.9 Å². The first kappa shape index (κ1) is 21.4. The van der Waals surface area contributed by atoms with Crippen molar-refractivity contribution in [2.24, 2.45) is 0 Å². The Morgan fingerprint density at radius 3 is 1.87 bits per heavy atom. The normalized spacial score (nSPS) is 10.5. The molecule has 4 nitrogen and oxygen atoms in total. The zero-order valence-electron chi connectivity index (χ0n) is 17.1. The Bertz CT molecular complexity index is 907. The van der Waals surface area contributed by atoms with E-state index in [1.165, 1.54) is 5.56 Å². The van der Waals surface area contributed by atoms with Crippen LogP contribution in [-0.4, -0.2) is 11.1 Å². The number of carboxylic acids is 1. The maximum absolute atomic E-state index is 10.6. The molecule has 3 aromatic rings. The summed E-state index contributed by atoms with van der Waals surface area (Å²) < 4.78 is 12.2. The van der Waals surface area contributed by atoms with E-state index in [9.17, 15) is 4.79 Å². The van der Waals surface area contributed by atoms with Crippen molar-refractivity contribution in [3.8, 4) is 11.5 Å². The fraction of sp³-hybridized carbons (Fsp3) is 0.269. The third kappa shape index (κ3) is 7.28. The predicted octanol–water partition coefficient (Wildman–Crippen LogP) is 6.03. The molecule has 30 heavy (non-hydrogen) atoms. The minimum absolute atomic E-state index is 0.234. The molecule has 4 heteroatoms. The Labute approximate surface area is 178 Å². The van der Waals surface area contributed by atoms with Crippen molar-refractivity contribution < 1.29 is 19.4 Å². The van der Waals surface area contributed by atoms with Gasteiger partial charge in [-0.15, -0.1) is 0 Å². The molecule has 0 saturated carbocycles. The van der Waals surface area contributed by atoms with Crippen LogP contribution in [0.3, 0.4) is 0 Å². The summed E-state index contributed by atoms with van der Waals surface area (Å²) in [6.07, 6.45) is 3.69. The molecule has 0 amide bonds. The summed E-state index contributed by atoms with van der Waals surface area (Å²) in [6.45, 7) is 0.960. The number of aliphatic carboxylic acids is 1. The van der Waals surface area contributed by atoms with Gasteiger partial charge in [-0.2, -0.15) is 0 Å². The zero-order chi connectivity index (χ0) is 21.0. The molecule has 0 heterocycles. The minimum atomic E-state index is -0.730. The van der Waals surface area contributed by atoms with Crippen LogP contribution in [0.15, 0.2) is 78.9 Å². The summed E-state index contributed by atoms with van der Waals surface area (Å²) in [5.74, 6) is 0.730. The van der Waals surface area contributed by atoms with Crippen LogP contribution >= 0.6 is 0 Å². The molecule has 156 valence electrons. The first-order valence-electron chi connectivity index (χ1n) is 10.4. The summed E-state index contributed by atoms with van der Waals surface area (Å²) in [5.41, 5.74) is 3.38. The van der Waals surface area contributed by atoms with Crippen molar-refractivity contribution in [2.75, 3.05) is 0 Å². The molecule has 0 aromatic heterocycles. The molecule has 0 fully saturated rings. The van der Waals surface area contributed by atoms with E-state index in [0.29, 0.717) is 19.6 Å². The molecule has 1 N–H and O–H groups in total. The van der Waals surface area contributed by atoms with Crippen LogP contribution < -0.4 is 9.47 Å². The summed E-state index contributed by atoms with van der Waals surface area (Å²) in [5, 5.41) is 8.75. The van der Waals surface area contributed by atoms with Crippen LogP contribution in [0.5, 0.6) is 11.5 Å². The molecule has 0 saturated heterocycles. The summed E-state index contributed by atoms with van der Waals surface area (Å²) >= 11 is 0. The lowest BCUT2D eigenvalue weighted by Crippen LogP contribution is -2.01. The number of aryl methyl sites for hydroxylation is 1. The van der Waals surface area contributed by atoms with Gasteiger partial charge in [-0.3, -0.25) is 4.79 Å². The van der Waals surface area contributed by atoms with Crippen LogP contribution in [0, 0.1) is 0 Å². The van der Waals surface area contributed by atoms with E-state index in [2.05, 4.69) is 6.07 Å². The largest absolute Gasteiger partial charge is 0.485 e. The lowest BCUT2D eigenvalue weighted by molar-refractivity contribution is -0.137. The van der Waals surface area contributed by atoms with Crippen molar-refractivity contribution in [3.63, 3.8) is 0 Å². The molecule has 0 aliphatic rings. The molecule has 0 unspecified atom stereocenters. The van der Waals surface area contributed by atoms with Gasteiger partial charge in [0.25, 0.3) is 0 Å². The Kier molecular flexibility index (Phi) is 8.34. The van der Waals surface area contributed by atoms with E-state index in [1.54, 1.807) is 0 Å². The monoisotopic (exact) mass is 404 g/mol. The number of ether oxygens (including phenoxy) is 2. The molecule has 0 bridgehead atoms. The fourth-order valence-electron chi connectivity index (χ4n) is 3.19. The summed E-state index contributed by atoms with van der Waals surface area (Å²) in [6, 6.07) is 26.2. The average Bonchev–Trinajstić information content (AvgIpc) is 2.78. The number of rotatable bonds is 12. The molecule has 3 rings (SSSR count). The average molecular weight is 405 g/mol. The van der Waals surface area contributed by atoms with Crippen LogP contribution in [-0.2, 0) is 24.4 Å². The van der Waals surface area contributed by atoms with Crippen LogP contribution in [0.2, 0.25) is 0 Å². The maximum Gasteiger partial charge on any atom is 0.303 e. The van der Waals surface area contributed by atoms with E-state index >= 15 is 0 Å². The second kappa shape index (κ2) is 11.7. The number of unbranched alkanes of at least 4 members (excludes halogenated alkanes) is 2. The third-order valence-corrected chi connectivity index (χ3v) is 4.84. The van der Waals surface area contributed by atoms with Crippen molar-refractivity contribution in [1.82, 2.24) is 0 Å². The van der Waals surface area contributed by atoms with Crippen molar-refractivity contribution in [1.29, 1.82) is 0 Å². The molecule has 0 aliphatic carbocycles. The second-order valence-corrected chi connectivity index (χ2v) is 7.28. The fourth-order valence-corrected chi connectivity index (χ4v) is 3.19. The summed E-state index contributed by atoms with van der Waals surface area (Å²) in [7, 11) is 0. The SMILES string of the molecule is O=C(O)CCCCCc1ccc(OCc2ccccc2)c(OCc2ccccc2)c1. The predicted molar refractivity (Wildman–Crippen MR) is 118 cm³/mol. The van der Waals surface area contributed by atoms with Gasteiger partial charge in [-0.25, -0.2) is 0 Å². The van der Waals surface area contributed by atoms with Crippen molar-refractivity contribution in [3.05, 3.63) is 95.6 Å². The highest BCUT2D eigenvalue weighted by molar-refractivity contribution is 5.66. The second-order valence-electron chi connectivity index (χ2n) is 7.28. The Hall–Kier alpha value is -3.27. The minimum Gasteiger partial charge on any atom is -0.485 e. The highest BCUT2D eigenvalue weighted by Crippen LogP contribution is 2.30. The Morgan fingerprint density at radius 2 is 1.27 bits per heavy atom. The first-order valence-corrected chi connectivity index (χ1v) is 10.4.